The highest BCUT2D eigenvalue weighted by Gasteiger charge is 2.29. The molecule has 0 bridgehead atoms. The van der Waals surface area contributed by atoms with E-state index in [0.29, 0.717) is 6.04 Å². The molecule has 3 aromatic rings. The molecule has 1 aromatic carbocycles. The lowest BCUT2D eigenvalue weighted by molar-refractivity contribution is 0.0705. The fourth-order valence-corrected chi connectivity index (χ4v) is 4.32. The van der Waals surface area contributed by atoms with E-state index in [0.717, 1.165) is 59.5 Å². The molecule has 146 valence electrons. The van der Waals surface area contributed by atoms with Crippen LogP contribution in [0.2, 0.25) is 0 Å². The molecule has 5 heteroatoms. The predicted molar refractivity (Wildman–Crippen MR) is 112 cm³/mol. The van der Waals surface area contributed by atoms with Crippen molar-refractivity contribution in [3.8, 4) is 0 Å². The number of carbonyl (C=O) groups excluding carboxylic acids is 1. The Hall–Kier alpha value is -2.69. The van der Waals surface area contributed by atoms with Crippen molar-refractivity contribution in [3.05, 3.63) is 59.3 Å². The van der Waals surface area contributed by atoms with Crippen LogP contribution in [0.1, 0.15) is 66.1 Å². The number of rotatable bonds is 3. The maximum atomic E-state index is 13.5. The molecule has 1 saturated heterocycles. The summed E-state index contributed by atoms with van der Waals surface area (Å²) in [6, 6.07) is 8.37. The van der Waals surface area contributed by atoms with E-state index in [2.05, 4.69) is 28.4 Å². The number of imidazole rings is 1. The standard InChI is InChI=1S/C23H28N4O/c1-15(2)27-12-10-24-22(27)18-8-6-11-26(14-18)23(28)20-13-17(4)25-21-16(3)7-5-9-19(20)21/h5,7,9-10,12-13,15,18H,6,8,11,14H2,1-4H3/t18-/m0/s1. The zero-order valence-electron chi connectivity index (χ0n) is 17.1. The Morgan fingerprint density at radius 2 is 2.07 bits per heavy atom. The van der Waals surface area contributed by atoms with Gasteiger partial charge in [-0.05, 0) is 52.2 Å². The fourth-order valence-electron chi connectivity index (χ4n) is 4.32. The number of nitrogens with zero attached hydrogens (tertiary/aromatic N) is 4. The topological polar surface area (TPSA) is 51.0 Å². The molecule has 2 aromatic heterocycles. The molecule has 28 heavy (non-hydrogen) atoms. The number of fused-ring (bicyclic) bond motifs is 1. The third-order valence-corrected chi connectivity index (χ3v) is 5.73. The van der Waals surface area contributed by atoms with Gasteiger partial charge in [0.25, 0.3) is 5.91 Å². The minimum absolute atomic E-state index is 0.105. The first-order valence-electron chi connectivity index (χ1n) is 10.1. The van der Waals surface area contributed by atoms with E-state index in [9.17, 15) is 4.79 Å². The molecule has 1 atom stereocenters. The molecule has 1 fully saturated rings. The zero-order chi connectivity index (χ0) is 19.8. The molecule has 0 spiro atoms. The molecule has 3 heterocycles. The van der Waals surface area contributed by atoms with Crippen LogP contribution in [0, 0.1) is 13.8 Å². The van der Waals surface area contributed by atoms with E-state index < -0.39 is 0 Å². The van der Waals surface area contributed by atoms with Crippen LogP contribution in [0.15, 0.2) is 36.7 Å². The van der Waals surface area contributed by atoms with E-state index in [-0.39, 0.29) is 11.8 Å². The first-order chi connectivity index (χ1) is 13.5. The number of pyridine rings is 1. The third kappa shape index (κ3) is 3.30. The minimum Gasteiger partial charge on any atom is -0.338 e. The molecule has 0 saturated carbocycles. The van der Waals surface area contributed by atoms with Gasteiger partial charge in [0.2, 0.25) is 0 Å². The quantitative estimate of drug-likeness (QED) is 0.669. The van der Waals surface area contributed by atoms with Gasteiger partial charge in [-0.25, -0.2) is 4.98 Å². The van der Waals surface area contributed by atoms with Crippen LogP contribution in [-0.4, -0.2) is 38.4 Å². The van der Waals surface area contributed by atoms with Gasteiger partial charge in [0.1, 0.15) is 5.82 Å². The van der Waals surface area contributed by atoms with Gasteiger partial charge in [-0.3, -0.25) is 9.78 Å². The van der Waals surface area contributed by atoms with Crippen molar-refractivity contribution in [3.63, 3.8) is 0 Å². The Morgan fingerprint density at radius 1 is 1.25 bits per heavy atom. The van der Waals surface area contributed by atoms with Crippen molar-refractivity contribution in [1.29, 1.82) is 0 Å². The number of likely N-dealkylation sites (tertiary alicyclic amines) is 1. The van der Waals surface area contributed by atoms with Crippen molar-refractivity contribution in [2.24, 2.45) is 0 Å². The minimum atomic E-state index is 0.105. The van der Waals surface area contributed by atoms with Gasteiger partial charge < -0.3 is 9.47 Å². The summed E-state index contributed by atoms with van der Waals surface area (Å²) in [6.45, 7) is 9.87. The number of aromatic nitrogens is 3. The van der Waals surface area contributed by atoms with E-state index >= 15 is 0 Å². The molecular formula is C23H28N4O. The number of hydrogen-bond acceptors (Lipinski definition) is 3. The fraction of sp³-hybridized carbons (Fsp3) is 0.435. The Labute approximate surface area is 166 Å². The summed E-state index contributed by atoms with van der Waals surface area (Å²) in [4.78, 5) is 24.8. The lowest BCUT2D eigenvalue weighted by Gasteiger charge is -2.33. The first-order valence-corrected chi connectivity index (χ1v) is 10.1. The van der Waals surface area contributed by atoms with Gasteiger partial charge in [0.15, 0.2) is 0 Å². The average Bonchev–Trinajstić information content (AvgIpc) is 3.18. The molecule has 1 aliphatic rings. The van der Waals surface area contributed by atoms with E-state index in [4.69, 9.17) is 0 Å². The molecule has 0 radical (unpaired) electrons. The van der Waals surface area contributed by atoms with Crippen molar-refractivity contribution in [2.45, 2.75) is 52.5 Å². The van der Waals surface area contributed by atoms with Crippen LogP contribution >= 0.6 is 0 Å². The number of hydrogen-bond donors (Lipinski definition) is 0. The van der Waals surface area contributed by atoms with Crippen LogP contribution in [0.25, 0.3) is 10.9 Å². The highest BCUT2D eigenvalue weighted by atomic mass is 16.2. The smallest absolute Gasteiger partial charge is 0.254 e. The molecule has 1 aliphatic heterocycles. The second-order valence-electron chi connectivity index (χ2n) is 8.16. The van der Waals surface area contributed by atoms with Crippen LogP contribution < -0.4 is 0 Å². The number of amides is 1. The molecule has 0 unspecified atom stereocenters. The lowest BCUT2D eigenvalue weighted by Crippen LogP contribution is -2.40. The third-order valence-electron chi connectivity index (χ3n) is 5.73. The maximum absolute atomic E-state index is 13.5. The number of carbonyl (C=O) groups is 1. The van der Waals surface area contributed by atoms with Gasteiger partial charge in [-0.1, -0.05) is 18.2 Å². The Bertz CT molecular complexity index is 1020. The molecule has 1 amide bonds. The summed E-state index contributed by atoms with van der Waals surface area (Å²) in [7, 11) is 0. The molecule has 0 aliphatic carbocycles. The largest absolute Gasteiger partial charge is 0.338 e. The number of piperidine rings is 1. The van der Waals surface area contributed by atoms with E-state index in [1.807, 2.05) is 55.4 Å². The van der Waals surface area contributed by atoms with Crippen LogP contribution in [0.5, 0.6) is 0 Å². The van der Waals surface area contributed by atoms with Crippen molar-refractivity contribution in [1.82, 2.24) is 19.4 Å². The van der Waals surface area contributed by atoms with Crippen LogP contribution in [0.3, 0.4) is 0 Å². The molecule has 0 N–H and O–H groups in total. The van der Waals surface area contributed by atoms with Gasteiger partial charge in [-0.2, -0.15) is 0 Å². The Balaban J connectivity index is 1.66. The number of aryl methyl sites for hydroxylation is 2. The van der Waals surface area contributed by atoms with Crippen LogP contribution in [0.4, 0.5) is 0 Å². The Kier molecular flexibility index (Phi) is 4.92. The maximum Gasteiger partial charge on any atom is 0.254 e. The molecule has 4 rings (SSSR count). The van der Waals surface area contributed by atoms with Gasteiger partial charge in [0.05, 0.1) is 11.1 Å². The first kappa shape index (κ1) is 18.7. The van der Waals surface area contributed by atoms with Crippen molar-refractivity contribution < 1.29 is 4.79 Å². The average molecular weight is 377 g/mol. The SMILES string of the molecule is Cc1cc(C(=O)N2CCC[C@H](c3nccn3C(C)C)C2)c2cccc(C)c2n1. The van der Waals surface area contributed by atoms with Gasteiger partial charge >= 0.3 is 0 Å². The molecular weight excluding hydrogens is 348 g/mol. The highest BCUT2D eigenvalue weighted by Crippen LogP contribution is 2.30. The summed E-state index contributed by atoms with van der Waals surface area (Å²) >= 11 is 0. The summed E-state index contributed by atoms with van der Waals surface area (Å²) in [6.07, 6.45) is 5.99. The molecule has 5 nitrogen and oxygen atoms in total. The van der Waals surface area contributed by atoms with Gasteiger partial charge in [0, 0.05) is 48.5 Å². The van der Waals surface area contributed by atoms with E-state index in [1.165, 1.54) is 0 Å². The van der Waals surface area contributed by atoms with Crippen molar-refractivity contribution >= 4 is 16.8 Å². The Morgan fingerprint density at radius 3 is 2.86 bits per heavy atom. The predicted octanol–water partition coefficient (Wildman–Crippen LogP) is 4.65. The second-order valence-corrected chi connectivity index (χ2v) is 8.16. The summed E-state index contributed by atoms with van der Waals surface area (Å²) in [5, 5.41) is 0.946. The van der Waals surface area contributed by atoms with Crippen molar-refractivity contribution in [2.75, 3.05) is 13.1 Å². The number of para-hydroxylation sites is 1. The second kappa shape index (κ2) is 7.38. The lowest BCUT2D eigenvalue weighted by atomic mass is 9.95. The van der Waals surface area contributed by atoms with Crippen LogP contribution in [-0.2, 0) is 0 Å². The summed E-state index contributed by atoms with van der Waals surface area (Å²) in [5.74, 6) is 1.48. The van der Waals surface area contributed by atoms with E-state index in [1.54, 1.807) is 0 Å². The summed E-state index contributed by atoms with van der Waals surface area (Å²) < 4.78 is 2.23. The highest BCUT2D eigenvalue weighted by molar-refractivity contribution is 6.06. The normalized spacial score (nSPS) is 17.5. The zero-order valence-corrected chi connectivity index (χ0v) is 17.1. The van der Waals surface area contributed by atoms with Gasteiger partial charge in [-0.15, -0.1) is 0 Å². The summed E-state index contributed by atoms with van der Waals surface area (Å²) in [5.41, 5.74) is 3.67. The monoisotopic (exact) mass is 376 g/mol. The number of benzene rings is 1.